The van der Waals surface area contributed by atoms with Crippen LogP contribution in [0, 0.1) is 0 Å². The molecule has 0 aliphatic carbocycles. The molecule has 2 heterocycles. The molecule has 2 rings (SSSR count). The number of aliphatic hydroxyl groups excluding tert-OH is 4. The van der Waals surface area contributed by atoms with Crippen molar-refractivity contribution in [3.63, 3.8) is 0 Å². The summed E-state index contributed by atoms with van der Waals surface area (Å²) in [4.78, 5) is 18.9. The first-order chi connectivity index (χ1) is 11.9. The molecule has 16 heteroatoms. The number of aliphatic hydroxyl groups is 4. The van der Waals surface area contributed by atoms with Crippen LogP contribution in [0.3, 0.4) is 0 Å². The van der Waals surface area contributed by atoms with Gasteiger partial charge in [-0.15, -0.1) is 0 Å². The fourth-order valence-corrected chi connectivity index (χ4v) is 4.33. The molecular weight excluding hydrogens is 404 g/mol. The average molecular weight is 425 g/mol. The molecule has 0 amide bonds. The maximum absolute atomic E-state index is 11.7. The molecule has 2 aliphatic rings. The molecule has 2 saturated heterocycles. The first-order valence-electron chi connectivity index (χ1n) is 7.33. The number of phosphoric ester groups is 2. The summed E-state index contributed by atoms with van der Waals surface area (Å²) in [6.07, 6.45) is -9.17. The van der Waals surface area contributed by atoms with Crippen molar-refractivity contribution in [1.82, 2.24) is 0 Å². The van der Waals surface area contributed by atoms with Gasteiger partial charge in [0.15, 0.2) is 0 Å². The minimum Gasteiger partial charge on any atom is -0.388 e. The number of nitrogens with two attached hydrogens (primary N) is 1. The van der Waals surface area contributed by atoms with Crippen molar-refractivity contribution >= 4 is 15.6 Å². The van der Waals surface area contributed by atoms with Crippen molar-refractivity contribution in [2.75, 3.05) is 19.8 Å². The molecule has 0 saturated carbocycles. The second-order valence-corrected chi connectivity index (χ2v) is 8.70. The summed E-state index contributed by atoms with van der Waals surface area (Å²) in [6.45, 7) is -1.71. The first kappa shape index (κ1) is 22.3. The van der Waals surface area contributed by atoms with E-state index < -0.39 is 71.7 Å². The van der Waals surface area contributed by atoms with Crippen molar-refractivity contribution in [1.29, 1.82) is 0 Å². The molecule has 154 valence electrons. The van der Waals surface area contributed by atoms with E-state index in [1.807, 2.05) is 0 Å². The van der Waals surface area contributed by atoms with E-state index in [4.69, 9.17) is 15.2 Å². The highest BCUT2D eigenvalue weighted by Gasteiger charge is 2.44. The number of hydrogen-bond acceptors (Lipinski definition) is 12. The predicted octanol–water partition coefficient (Wildman–Crippen LogP) is -3.24. The summed E-state index contributed by atoms with van der Waals surface area (Å²) in [6, 6.07) is 0. The van der Waals surface area contributed by atoms with Crippen LogP contribution in [0.1, 0.15) is 0 Å². The zero-order valence-corrected chi connectivity index (χ0v) is 15.0. The number of ether oxygens (including phenoxy) is 2. The van der Waals surface area contributed by atoms with Crippen molar-refractivity contribution in [3.8, 4) is 0 Å². The quantitative estimate of drug-likeness (QED) is 0.190. The number of hydrogen-bond donors (Lipinski definition) is 7. The van der Waals surface area contributed by atoms with Crippen molar-refractivity contribution in [3.05, 3.63) is 0 Å². The lowest BCUT2D eigenvalue weighted by Crippen LogP contribution is -2.37. The highest BCUT2D eigenvalue weighted by molar-refractivity contribution is 7.61. The molecule has 0 aromatic heterocycles. The molecule has 2 unspecified atom stereocenters. The van der Waals surface area contributed by atoms with Gasteiger partial charge in [-0.05, 0) is 0 Å². The van der Waals surface area contributed by atoms with Gasteiger partial charge in [-0.25, -0.2) is 9.13 Å². The van der Waals surface area contributed by atoms with E-state index in [0.717, 1.165) is 0 Å². The van der Waals surface area contributed by atoms with Gasteiger partial charge in [0.2, 0.25) is 0 Å². The third-order valence-electron chi connectivity index (χ3n) is 3.67. The lowest BCUT2D eigenvalue weighted by Gasteiger charge is -2.20. The zero-order valence-electron chi connectivity index (χ0n) is 13.2. The van der Waals surface area contributed by atoms with Crippen LogP contribution >= 0.6 is 15.6 Å². The predicted molar refractivity (Wildman–Crippen MR) is 79.3 cm³/mol. The summed E-state index contributed by atoms with van der Waals surface area (Å²) in [5.74, 6) is 0. The van der Waals surface area contributed by atoms with Crippen LogP contribution in [0.5, 0.6) is 0 Å². The molecule has 2 aliphatic heterocycles. The van der Waals surface area contributed by atoms with E-state index in [2.05, 4.69) is 13.4 Å². The Kier molecular flexibility index (Phi) is 7.33. The largest absolute Gasteiger partial charge is 0.481 e. The highest BCUT2D eigenvalue weighted by Crippen LogP contribution is 2.60. The van der Waals surface area contributed by atoms with Crippen molar-refractivity contribution in [2.24, 2.45) is 5.73 Å². The first-order valence-corrected chi connectivity index (χ1v) is 10.3. The maximum Gasteiger partial charge on any atom is 0.481 e. The van der Waals surface area contributed by atoms with E-state index in [0.29, 0.717) is 0 Å². The molecule has 0 aromatic carbocycles. The van der Waals surface area contributed by atoms with E-state index in [-0.39, 0.29) is 6.61 Å². The Morgan fingerprint density at radius 3 is 1.88 bits per heavy atom. The summed E-state index contributed by atoms with van der Waals surface area (Å²) < 4.78 is 46.1. The van der Waals surface area contributed by atoms with Crippen LogP contribution in [0.4, 0.5) is 0 Å². The van der Waals surface area contributed by atoms with Crippen LogP contribution in [-0.4, -0.2) is 92.9 Å². The van der Waals surface area contributed by atoms with Gasteiger partial charge in [0.05, 0.1) is 19.8 Å². The minimum absolute atomic E-state index is 0.217. The topological polar surface area (TPSA) is 228 Å². The maximum atomic E-state index is 11.7. The summed E-state index contributed by atoms with van der Waals surface area (Å²) in [5.41, 5.74) is 5.32. The third kappa shape index (κ3) is 5.74. The second kappa shape index (κ2) is 8.55. The molecule has 0 spiro atoms. The molecule has 0 radical (unpaired) electrons. The number of rotatable bonds is 8. The smallest absolute Gasteiger partial charge is 0.388 e. The van der Waals surface area contributed by atoms with Gasteiger partial charge in [0, 0.05) is 0 Å². The molecule has 2 fully saturated rings. The minimum atomic E-state index is -5.13. The van der Waals surface area contributed by atoms with Gasteiger partial charge >= 0.3 is 15.6 Å². The standard InChI is InChI=1S/C10H21NO13P2/c11-10-9(15)8(14)6(23-10)3-22-26(18,19)24-25(16,17)21-2-5-7(13)4(12)1-20-5/h4-10,12-15H,1-3,11H2,(H,16,17)(H,18,19)/t4-,5+,6+,7-,8+,9+,10+/m0/s1. The fraction of sp³-hybridized carbons (Fsp3) is 1.00. The Balaban J connectivity index is 1.81. The van der Waals surface area contributed by atoms with E-state index in [1.165, 1.54) is 0 Å². The summed E-state index contributed by atoms with van der Waals surface area (Å²) in [7, 11) is -10.2. The average Bonchev–Trinajstić information content (AvgIpc) is 2.97. The number of phosphoric acid groups is 2. The van der Waals surface area contributed by atoms with E-state index in [1.54, 1.807) is 0 Å². The Labute approximate surface area is 147 Å². The third-order valence-corrected chi connectivity index (χ3v) is 6.27. The fourth-order valence-electron chi connectivity index (χ4n) is 2.24. The Hall–Kier alpha value is -0.0200. The van der Waals surface area contributed by atoms with Gasteiger partial charge in [-0.1, -0.05) is 0 Å². The molecule has 14 nitrogen and oxygen atoms in total. The summed E-state index contributed by atoms with van der Waals surface area (Å²) in [5, 5.41) is 37.7. The SMILES string of the molecule is N[C@@H]1O[C@H](COP(=O)(O)OP(=O)(O)OC[C@H]2OC[C@H](O)[C@@H]2O)[C@@H](O)[C@H]1O. The monoisotopic (exact) mass is 425 g/mol. The second-order valence-electron chi connectivity index (χ2n) is 5.66. The van der Waals surface area contributed by atoms with Gasteiger partial charge < -0.3 is 45.4 Å². The Morgan fingerprint density at radius 1 is 0.923 bits per heavy atom. The van der Waals surface area contributed by atoms with Crippen LogP contribution in [0.15, 0.2) is 0 Å². The van der Waals surface area contributed by atoms with Crippen LogP contribution in [0.25, 0.3) is 0 Å². The molecule has 26 heavy (non-hydrogen) atoms. The van der Waals surface area contributed by atoms with Crippen LogP contribution in [0.2, 0.25) is 0 Å². The van der Waals surface area contributed by atoms with Gasteiger partial charge in [0.25, 0.3) is 0 Å². The molecular formula is C10H21NO13P2. The van der Waals surface area contributed by atoms with Gasteiger partial charge in [-0.2, -0.15) is 4.31 Å². The Morgan fingerprint density at radius 2 is 1.46 bits per heavy atom. The molecule has 8 N–H and O–H groups in total. The molecule has 0 bridgehead atoms. The van der Waals surface area contributed by atoms with Crippen molar-refractivity contribution in [2.45, 2.75) is 42.9 Å². The molecule has 9 atom stereocenters. The van der Waals surface area contributed by atoms with Crippen molar-refractivity contribution < 1.29 is 62.2 Å². The van der Waals surface area contributed by atoms with E-state index in [9.17, 15) is 39.3 Å². The van der Waals surface area contributed by atoms with E-state index >= 15 is 0 Å². The zero-order chi connectivity index (χ0) is 19.7. The normalized spacial score (nSPS) is 42.5. The Bertz CT molecular complexity index is 577. The van der Waals surface area contributed by atoms with Crippen LogP contribution < -0.4 is 5.73 Å². The lowest BCUT2D eigenvalue weighted by molar-refractivity contribution is -0.0213. The van der Waals surface area contributed by atoms with Crippen LogP contribution in [-0.2, 0) is 32.0 Å². The summed E-state index contributed by atoms with van der Waals surface area (Å²) >= 11 is 0. The molecule has 0 aromatic rings. The lowest BCUT2D eigenvalue weighted by atomic mass is 10.1. The highest BCUT2D eigenvalue weighted by atomic mass is 31.3. The van der Waals surface area contributed by atoms with Gasteiger partial charge in [-0.3, -0.25) is 9.05 Å². The van der Waals surface area contributed by atoms with Gasteiger partial charge in [0.1, 0.15) is 42.9 Å².